The average Bonchev–Trinajstić information content (AvgIpc) is 2.71. The first-order valence-corrected chi connectivity index (χ1v) is 11.0. The summed E-state index contributed by atoms with van der Waals surface area (Å²) in [7, 11) is 2.19. The van der Waals surface area contributed by atoms with E-state index in [0.29, 0.717) is 6.54 Å². The van der Waals surface area contributed by atoms with Gasteiger partial charge in [0.2, 0.25) is 5.91 Å². The number of hydrogen-bond acceptors (Lipinski definition) is 4. The molecule has 0 unspecified atom stereocenters. The molecule has 0 bridgehead atoms. The highest BCUT2D eigenvalue weighted by atomic mass is 16.6. The van der Waals surface area contributed by atoms with Gasteiger partial charge in [-0.1, -0.05) is 13.3 Å². The minimum absolute atomic E-state index is 0.00121. The van der Waals surface area contributed by atoms with Crippen molar-refractivity contribution in [2.24, 2.45) is 11.8 Å². The highest BCUT2D eigenvalue weighted by molar-refractivity contribution is 5.82. The Balaban J connectivity index is 1.85. The molecule has 2 amide bonds. The van der Waals surface area contributed by atoms with E-state index in [4.69, 9.17) is 6.11 Å². The molecule has 0 aromatic heterocycles. The van der Waals surface area contributed by atoms with Crippen LogP contribution in [0.15, 0.2) is 0 Å². The molecule has 6 heteroatoms. The number of likely N-dealkylation sites (tertiary alicyclic amines) is 2. The fourth-order valence-corrected chi connectivity index (χ4v) is 4.27. The lowest BCUT2D eigenvalue weighted by molar-refractivity contribution is -0.134. The van der Waals surface area contributed by atoms with Gasteiger partial charge < -0.3 is 14.5 Å². The molecule has 2 fully saturated rings. The molecule has 0 aromatic carbocycles. The number of hydrogen-bond donors (Lipinski definition) is 0. The maximum atomic E-state index is 12.9. The molecule has 0 aliphatic carbocycles. The van der Waals surface area contributed by atoms with Gasteiger partial charge in [0.15, 0.2) is 0 Å². The van der Waals surface area contributed by atoms with Crippen LogP contribution in [0.4, 0.5) is 4.79 Å². The second-order valence-corrected chi connectivity index (χ2v) is 9.26. The van der Waals surface area contributed by atoms with Crippen molar-refractivity contribution in [3.8, 4) is 0 Å². The second-order valence-electron chi connectivity index (χ2n) is 9.26. The summed E-state index contributed by atoms with van der Waals surface area (Å²) in [5.41, 5.74) is -0.836. The molecule has 0 spiro atoms. The first-order chi connectivity index (χ1) is 13.8. The predicted molar refractivity (Wildman–Crippen MR) is 112 cm³/mol. The number of amides is 2. The van der Waals surface area contributed by atoms with Crippen LogP contribution in [0.25, 0.3) is 0 Å². The van der Waals surface area contributed by atoms with Crippen molar-refractivity contribution >= 4 is 12.0 Å². The Kier molecular flexibility index (Phi) is 8.00. The minimum Gasteiger partial charge on any atom is -0.444 e. The number of rotatable bonds is 6. The predicted octanol–water partition coefficient (Wildman–Crippen LogP) is 3.60. The van der Waals surface area contributed by atoms with E-state index in [1.807, 2.05) is 4.90 Å². The SMILES string of the molecule is [2H]CC(C)(C)OC(=O)N(CCCC)CC(=O)N1CCC(C2CCN(C)CC2)CC1. The molecule has 0 saturated carbocycles. The Hall–Kier alpha value is -1.30. The number of ether oxygens (including phenoxy) is 1. The summed E-state index contributed by atoms with van der Waals surface area (Å²) in [6.45, 7) is 10.1. The van der Waals surface area contributed by atoms with Crippen molar-refractivity contribution in [3.63, 3.8) is 0 Å². The van der Waals surface area contributed by atoms with Crippen molar-refractivity contribution < 1.29 is 15.7 Å². The van der Waals surface area contributed by atoms with Crippen LogP contribution in [0.5, 0.6) is 0 Å². The van der Waals surface area contributed by atoms with Gasteiger partial charge in [0.25, 0.3) is 0 Å². The van der Waals surface area contributed by atoms with E-state index in [9.17, 15) is 9.59 Å². The smallest absolute Gasteiger partial charge is 0.410 e. The Bertz CT molecular complexity index is 527. The largest absolute Gasteiger partial charge is 0.444 e. The molecule has 0 atom stereocenters. The molecule has 2 aliphatic rings. The zero-order valence-electron chi connectivity index (χ0n) is 19.4. The van der Waals surface area contributed by atoms with Crippen molar-refractivity contribution in [2.45, 2.75) is 71.8 Å². The normalized spacial score (nSPS) is 20.7. The van der Waals surface area contributed by atoms with Crippen LogP contribution in [0.2, 0.25) is 0 Å². The standard InChI is InChI=1S/C22H41N3O3/c1-6-7-12-25(21(27)28-22(2,3)4)17-20(26)24-15-10-19(11-16-24)18-8-13-23(5)14-9-18/h18-19H,6-17H2,1-5H3/i2D. The molecule has 2 heterocycles. The third kappa shape index (κ3) is 7.26. The third-order valence-corrected chi connectivity index (χ3v) is 6.05. The second kappa shape index (κ2) is 10.5. The van der Waals surface area contributed by atoms with Crippen molar-refractivity contribution in [2.75, 3.05) is 46.3 Å². The molecule has 2 saturated heterocycles. The first kappa shape index (κ1) is 21.4. The lowest BCUT2D eigenvalue weighted by Crippen LogP contribution is -2.48. The molecule has 28 heavy (non-hydrogen) atoms. The zero-order valence-corrected chi connectivity index (χ0v) is 18.4. The van der Waals surface area contributed by atoms with Crippen LogP contribution in [0, 0.1) is 11.8 Å². The number of carbonyl (C=O) groups excluding carboxylic acids is 2. The Morgan fingerprint density at radius 2 is 1.68 bits per heavy atom. The lowest BCUT2D eigenvalue weighted by Gasteiger charge is -2.39. The van der Waals surface area contributed by atoms with Gasteiger partial charge in [0, 0.05) is 21.0 Å². The van der Waals surface area contributed by atoms with E-state index in [1.54, 1.807) is 13.8 Å². The van der Waals surface area contributed by atoms with E-state index in [-0.39, 0.29) is 19.4 Å². The molecular weight excluding hydrogens is 354 g/mol. The van der Waals surface area contributed by atoms with Gasteiger partial charge in [-0.2, -0.15) is 0 Å². The molecule has 2 aliphatic heterocycles. The molecule has 162 valence electrons. The third-order valence-electron chi connectivity index (χ3n) is 6.05. The van der Waals surface area contributed by atoms with Gasteiger partial charge in [0.1, 0.15) is 12.1 Å². The topological polar surface area (TPSA) is 53.1 Å². The van der Waals surface area contributed by atoms with Crippen molar-refractivity contribution in [1.82, 2.24) is 14.7 Å². The van der Waals surface area contributed by atoms with Gasteiger partial charge in [0.05, 0.1) is 0 Å². The van der Waals surface area contributed by atoms with Crippen molar-refractivity contribution in [3.05, 3.63) is 0 Å². The van der Waals surface area contributed by atoms with Crippen LogP contribution in [-0.2, 0) is 9.53 Å². The van der Waals surface area contributed by atoms with Crippen LogP contribution in [-0.4, -0.2) is 78.6 Å². The maximum Gasteiger partial charge on any atom is 0.410 e. The Morgan fingerprint density at radius 1 is 1.11 bits per heavy atom. The fraction of sp³-hybridized carbons (Fsp3) is 0.909. The number of carbonyl (C=O) groups is 2. The Labute approximate surface area is 173 Å². The lowest BCUT2D eigenvalue weighted by atomic mass is 9.79. The summed E-state index contributed by atoms with van der Waals surface area (Å²) in [4.78, 5) is 31.3. The number of unbranched alkanes of at least 4 members (excludes halogenated alkanes) is 1. The van der Waals surface area contributed by atoms with Crippen LogP contribution in [0.3, 0.4) is 0 Å². The van der Waals surface area contributed by atoms with Gasteiger partial charge in [-0.25, -0.2) is 4.79 Å². The summed E-state index contributed by atoms with van der Waals surface area (Å²) in [6.07, 6.45) is 6.00. The van der Waals surface area contributed by atoms with Gasteiger partial charge in [-0.05, 0) is 84.8 Å². The van der Waals surface area contributed by atoms with Gasteiger partial charge in [-0.3, -0.25) is 9.69 Å². The fourth-order valence-electron chi connectivity index (χ4n) is 4.27. The monoisotopic (exact) mass is 396 g/mol. The van der Waals surface area contributed by atoms with E-state index in [2.05, 4.69) is 18.9 Å². The molecule has 0 N–H and O–H groups in total. The molecule has 6 nitrogen and oxygen atoms in total. The quantitative estimate of drug-likeness (QED) is 0.688. The molecule has 2 rings (SSSR count). The van der Waals surface area contributed by atoms with E-state index >= 15 is 0 Å². The summed E-state index contributed by atoms with van der Waals surface area (Å²) < 4.78 is 13.0. The van der Waals surface area contributed by atoms with Gasteiger partial charge >= 0.3 is 6.09 Å². The first-order valence-electron chi connectivity index (χ1n) is 11.7. The van der Waals surface area contributed by atoms with E-state index < -0.39 is 11.7 Å². The zero-order chi connectivity index (χ0) is 21.4. The van der Waals surface area contributed by atoms with Crippen molar-refractivity contribution in [1.29, 1.82) is 0 Å². The highest BCUT2D eigenvalue weighted by Gasteiger charge is 2.31. The molecule has 0 aromatic rings. The van der Waals surface area contributed by atoms with Gasteiger partial charge in [-0.15, -0.1) is 0 Å². The summed E-state index contributed by atoms with van der Waals surface area (Å²) in [5.74, 6) is 1.54. The summed E-state index contributed by atoms with van der Waals surface area (Å²) in [5, 5.41) is 0. The number of nitrogens with zero attached hydrogens (tertiary/aromatic N) is 3. The Morgan fingerprint density at radius 3 is 2.21 bits per heavy atom. The molecule has 0 radical (unpaired) electrons. The summed E-state index contributed by atoms with van der Waals surface area (Å²) in [6, 6.07) is 0. The maximum absolute atomic E-state index is 12.9. The van der Waals surface area contributed by atoms with Crippen LogP contribution < -0.4 is 0 Å². The van der Waals surface area contributed by atoms with Crippen LogP contribution >= 0.6 is 0 Å². The number of piperidine rings is 2. The highest BCUT2D eigenvalue weighted by Crippen LogP contribution is 2.32. The van der Waals surface area contributed by atoms with E-state index in [0.717, 1.165) is 50.6 Å². The van der Waals surface area contributed by atoms with E-state index in [1.165, 1.54) is 30.8 Å². The minimum atomic E-state index is -0.836. The molecular formula is C22H41N3O3. The van der Waals surface area contributed by atoms with Crippen LogP contribution in [0.1, 0.15) is 67.6 Å². The average molecular weight is 397 g/mol. The summed E-state index contributed by atoms with van der Waals surface area (Å²) >= 11 is 0.